The average Bonchev–Trinajstić information content (AvgIpc) is 2.96. The second-order valence-corrected chi connectivity index (χ2v) is 5.05. The van der Waals surface area contributed by atoms with Crippen LogP contribution in [0, 0.1) is 0 Å². The summed E-state index contributed by atoms with van der Waals surface area (Å²) >= 11 is 0. The lowest BCUT2D eigenvalue weighted by molar-refractivity contribution is 0.0883. The molecule has 0 radical (unpaired) electrons. The number of aliphatic hydroxyl groups excluding tert-OH is 1. The predicted octanol–water partition coefficient (Wildman–Crippen LogP) is 1.46. The highest BCUT2D eigenvalue weighted by Crippen LogP contribution is 2.23. The molecule has 7 nitrogen and oxygen atoms in total. The van der Waals surface area contributed by atoms with Crippen LogP contribution in [0.3, 0.4) is 0 Å². The number of H-pyrrole nitrogens is 1. The molecule has 1 fully saturated rings. The predicted molar refractivity (Wildman–Crippen MR) is 77.7 cm³/mol. The zero-order valence-electron chi connectivity index (χ0n) is 11.5. The Kier molecular flexibility index (Phi) is 3.83. The number of nitrogens with zero attached hydrogens (tertiary/aromatic N) is 3. The Morgan fingerprint density at radius 1 is 1.48 bits per heavy atom. The van der Waals surface area contributed by atoms with Gasteiger partial charge in [-0.05, 0) is 25.0 Å². The second-order valence-electron chi connectivity index (χ2n) is 5.05. The number of hydrogen-bond acceptors (Lipinski definition) is 4. The van der Waals surface area contributed by atoms with E-state index in [1.165, 1.54) is 0 Å². The van der Waals surface area contributed by atoms with E-state index in [4.69, 9.17) is 0 Å². The van der Waals surface area contributed by atoms with E-state index in [1.54, 1.807) is 17.3 Å². The maximum absolute atomic E-state index is 12.2. The number of anilines is 1. The number of urea groups is 1. The summed E-state index contributed by atoms with van der Waals surface area (Å²) in [6.07, 6.45) is 4.36. The van der Waals surface area contributed by atoms with Crippen LogP contribution in [-0.4, -0.2) is 50.4 Å². The summed E-state index contributed by atoms with van der Waals surface area (Å²) in [7, 11) is 0. The normalized spacial score (nSPS) is 18.5. The highest BCUT2D eigenvalue weighted by Gasteiger charge is 2.23. The zero-order valence-corrected chi connectivity index (χ0v) is 11.5. The molecule has 3 rings (SSSR count). The number of likely N-dealkylation sites (tertiary alicyclic amines) is 1. The number of amides is 2. The molecular formula is C14H17N5O2. The van der Waals surface area contributed by atoms with Crippen molar-refractivity contribution in [1.29, 1.82) is 0 Å². The van der Waals surface area contributed by atoms with Crippen molar-refractivity contribution in [2.24, 2.45) is 0 Å². The molecule has 0 aromatic carbocycles. The highest BCUT2D eigenvalue weighted by atomic mass is 16.3. The summed E-state index contributed by atoms with van der Waals surface area (Å²) in [5.74, 6) is 0. The van der Waals surface area contributed by atoms with E-state index in [2.05, 4.69) is 20.5 Å². The molecule has 3 N–H and O–H groups in total. The third kappa shape index (κ3) is 3.03. The van der Waals surface area contributed by atoms with Crippen LogP contribution >= 0.6 is 0 Å². The Bertz CT molecular complexity index is 613. The fraction of sp³-hybridized carbons (Fsp3) is 0.357. The maximum Gasteiger partial charge on any atom is 0.322 e. The summed E-state index contributed by atoms with van der Waals surface area (Å²) in [6.45, 7) is 1.02. The summed E-state index contributed by atoms with van der Waals surface area (Å²) in [4.78, 5) is 18.1. The molecule has 0 bridgehead atoms. The number of β-amino-alcohol motifs (C(OH)–C–C–N with tert-alkyl or cyclic N) is 1. The second kappa shape index (κ2) is 5.92. The van der Waals surface area contributed by atoms with Gasteiger partial charge in [-0.2, -0.15) is 5.10 Å². The molecular weight excluding hydrogens is 270 g/mol. The van der Waals surface area contributed by atoms with Gasteiger partial charge in [0.25, 0.3) is 0 Å². The third-order valence-electron chi connectivity index (χ3n) is 3.49. The molecule has 0 saturated carbocycles. The molecule has 7 heteroatoms. The number of aromatic amines is 1. The smallest absolute Gasteiger partial charge is 0.322 e. The van der Waals surface area contributed by atoms with Gasteiger partial charge in [0.15, 0.2) is 0 Å². The van der Waals surface area contributed by atoms with E-state index in [0.29, 0.717) is 30.2 Å². The summed E-state index contributed by atoms with van der Waals surface area (Å²) in [5, 5.41) is 19.3. The number of pyridine rings is 1. The first-order chi connectivity index (χ1) is 10.2. The van der Waals surface area contributed by atoms with Crippen LogP contribution in [0.2, 0.25) is 0 Å². The maximum atomic E-state index is 12.2. The van der Waals surface area contributed by atoms with Crippen molar-refractivity contribution >= 4 is 11.7 Å². The van der Waals surface area contributed by atoms with E-state index in [-0.39, 0.29) is 6.03 Å². The van der Waals surface area contributed by atoms with Crippen LogP contribution in [-0.2, 0) is 0 Å². The number of rotatable bonds is 2. The number of aliphatic hydroxyl groups is 1. The Balaban J connectivity index is 1.74. The monoisotopic (exact) mass is 287 g/mol. The Morgan fingerprint density at radius 2 is 2.38 bits per heavy atom. The van der Waals surface area contributed by atoms with Crippen LogP contribution in [0.4, 0.5) is 10.5 Å². The van der Waals surface area contributed by atoms with Crippen molar-refractivity contribution in [1.82, 2.24) is 20.1 Å². The fourth-order valence-electron chi connectivity index (χ4n) is 2.42. The van der Waals surface area contributed by atoms with Gasteiger partial charge in [0.1, 0.15) is 5.69 Å². The Labute approximate surface area is 122 Å². The van der Waals surface area contributed by atoms with Crippen molar-refractivity contribution in [3.05, 3.63) is 30.6 Å². The van der Waals surface area contributed by atoms with Crippen molar-refractivity contribution in [2.45, 2.75) is 18.9 Å². The van der Waals surface area contributed by atoms with Crippen LogP contribution in [0.5, 0.6) is 0 Å². The van der Waals surface area contributed by atoms with Gasteiger partial charge in [0.2, 0.25) is 0 Å². The van der Waals surface area contributed by atoms with Crippen molar-refractivity contribution in [2.75, 3.05) is 18.4 Å². The minimum absolute atomic E-state index is 0.229. The molecule has 21 heavy (non-hydrogen) atoms. The summed E-state index contributed by atoms with van der Waals surface area (Å²) < 4.78 is 0. The molecule has 110 valence electrons. The number of hydrogen-bond donors (Lipinski definition) is 3. The van der Waals surface area contributed by atoms with Gasteiger partial charge in [-0.3, -0.25) is 10.1 Å². The van der Waals surface area contributed by atoms with E-state index in [9.17, 15) is 9.90 Å². The summed E-state index contributed by atoms with van der Waals surface area (Å²) in [6, 6.07) is 5.31. The standard InChI is InChI=1S/C14H17N5O2/c20-10-4-3-7-19(9-10)14(21)17-12-8-16-18-13(12)11-5-1-2-6-15-11/h1-2,5-6,8,10,20H,3-4,7,9H2,(H,16,18)(H,17,21). The largest absolute Gasteiger partial charge is 0.391 e. The molecule has 0 spiro atoms. The first kappa shape index (κ1) is 13.6. The lowest BCUT2D eigenvalue weighted by Crippen LogP contribution is -2.44. The number of nitrogens with one attached hydrogen (secondary N) is 2. The van der Waals surface area contributed by atoms with Gasteiger partial charge >= 0.3 is 6.03 Å². The molecule has 1 unspecified atom stereocenters. The minimum Gasteiger partial charge on any atom is -0.391 e. The SMILES string of the molecule is O=C(Nc1cn[nH]c1-c1ccccn1)N1CCCC(O)C1. The molecule has 1 atom stereocenters. The zero-order chi connectivity index (χ0) is 14.7. The van der Waals surface area contributed by atoms with Gasteiger partial charge < -0.3 is 15.3 Å². The molecule has 0 aliphatic carbocycles. The van der Waals surface area contributed by atoms with Crippen LogP contribution < -0.4 is 5.32 Å². The molecule has 2 amide bonds. The minimum atomic E-state index is -0.441. The van der Waals surface area contributed by atoms with E-state index >= 15 is 0 Å². The summed E-state index contributed by atoms with van der Waals surface area (Å²) in [5.41, 5.74) is 1.96. The fourth-order valence-corrected chi connectivity index (χ4v) is 2.42. The lowest BCUT2D eigenvalue weighted by atomic mass is 10.1. The molecule has 1 aliphatic rings. The van der Waals surface area contributed by atoms with Crippen LogP contribution in [0.25, 0.3) is 11.4 Å². The van der Waals surface area contributed by atoms with Gasteiger partial charge in [0.05, 0.1) is 23.7 Å². The third-order valence-corrected chi connectivity index (χ3v) is 3.49. The Morgan fingerprint density at radius 3 is 3.14 bits per heavy atom. The highest BCUT2D eigenvalue weighted by molar-refractivity contribution is 5.93. The molecule has 1 saturated heterocycles. The molecule has 2 aromatic rings. The molecule has 3 heterocycles. The van der Waals surface area contributed by atoms with E-state index in [1.807, 2.05) is 18.2 Å². The van der Waals surface area contributed by atoms with Crippen LogP contribution in [0.1, 0.15) is 12.8 Å². The van der Waals surface area contributed by atoms with E-state index < -0.39 is 6.10 Å². The number of piperidine rings is 1. The van der Waals surface area contributed by atoms with Crippen molar-refractivity contribution in [3.63, 3.8) is 0 Å². The number of aromatic nitrogens is 3. The van der Waals surface area contributed by atoms with Gasteiger partial charge in [-0.15, -0.1) is 0 Å². The van der Waals surface area contributed by atoms with Crippen molar-refractivity contribution in [3.8, 4) is 11.4 Å². The van der Waals surface area contributed by atoms with Gasteiger partial charge in [-0.25, -0.2) is 4.79 Å². The molecule has 1 aliphatic heterocycles. The first-order valence-corrected chi connectivity index (χ1v) is 6.93. The quantitative estimate of drug-likeness (QED) is 0.779. The van der Waals surface area contributed by atoms with Crippen LogP contribution in [0.15, 0.2) is 30.6 Å². The van der Waals surface area contributed by atoms with Gasteiger partial charge in [-0.1, -0.05) is 6.07 Å². The van der Waals surface area contributed by atoms with Crippen molar-refractivity contribution < 1.29 is 9.90 Å². The lowest BCUT2D eigenvalue weighted by Gasteiger charge is -2.30. The topological polar surface area (TPSA) is 94.1 Å². The Hall–Kier alpha value is -2.41. The average molecular weight is 287 g/mol. The van der Waals surface area contributed by atoms with Gasteiger partial charge in [0, 0.05) is 19.3 Å². The van der Waals surface area contributed by atoms with E-state index in [0.717, 1.165) is 12.8 Å². The molecule has 2 aromatic heterocycles. The number of carbonyl (C=O) groups is 1. The first-order valence-electron chi connectivity index (χ1n) is 6.93. The number of carbonyl (C=O) groups excluding carboxylic acids is 1.